The van der Waals surface area contributed by atoms with E-state index in [0.717, 1.165) is 82.3 Å². The third kappa shape index (κ3) is 12.6. The summed E-state index contributed by atoms with van der Waals surface area (Å²) in [6.07, 6.45) is 1.08. The third-order valence-corrected chi connectivity index (χ3v) is 18.7. The Morgan fingerprint density at radius 3 is 2.28 bits per heavy atom. The molecule has 12 rings (SSSR count). The molecule has 21 heteroatoms. The van der Waals surface area contributed by atoms with Gasteiger partial charge in [0.2, 0.25) is 0 Å². The summed E-state index contributed by atoms with van der Waals surface area (Å²) in [5.41, 5.74) is 12.4. The zero-order chi connectivity index (χ0) is 58.3. The SMILES string of the molecule is Cc1c(-c2ccc(N3CCc4cccc(C(=O)Nc5nc6ccccc6s5)c4C3)nc2C(=O)O)cnn1CC12CC3(C)CC(C)(C1)CC(OCCN(CCOCCOCCN)Cc1ccc(CC4O[C@H](C(=O)O)[C@@H](O)[C@H](O)[C@H]4O)cc1)(C3)C2. The molecule has 83 heavy (non-hydrogen) atoms. The quantitative estimate of drug-likeness (QED) is 0.0319. The largest absolute Gasteiger partial charge is 0.479 e. The van der Waals surface area contributed by atoms with Crippen molar-refractivity contribution in [1.29, 1.82) is 0 Å². The van der Waals surface area contributed by atoms with Crippen LogP contribution in [0.2, 0.25) is 0 Å². The molecule has 20 nitrogen and oxygen atoms in total. The van der Waals surface area contributed by atoms with Gasteiger partial charge >= 0.3 is 11.9 Å². The lowest BCUT2D eigenvalue weighted by atomic mass is 9.39. The van der Waals surface area contributed by atoms with Crippen molar-refractivity contribution >= 4 is 50.3 Å². The highest BCUT2D eigenvalue weighted by atomic mass is 32.1. The maximum absolute atomic E-state index is 13.8. The molecule has 2 aliphatic heterocycles. The van der Waals surface area contributed by atoms with Gasteiger partial charge in [0.15, 0.2) is 16.9 Å². The van der Waals surface area contributed by atoms with Crippen LogP contribution in [0.5, 0.6) is 0 Å². The summed E-state index contributed by atoms with van der Waals surface area (Å²) in [6.45, 7) is 13.2. The number of pyridine rings is 1. The average Bonchev–Trinajstić information content (AvgIpc) is 3.66. The van der Waals surface area contributed by atoms with Gasteiger partial charge in [-0.1, -0.05) is 73.7 Å². The number of aromatic carboxylic acids is 1. The fourth-order valence-corrected chi connectivity index (χ4v) is 16.1. The number of anilines is 2. The average molecular weight is 1160 g/mol. The van der Waals surface area contributed by atoms with E-state index in [1.165, 1.54) is 11.3 Å². The van der Waals surface area contributed by atoms with Crippen LogP contribution >= 0.6 is 11.3 Å². The number of para-hydroxylation sites is 1. The number of amides is 1. The highest BCUT2D eigenvalue weighted by molar-refractivity contribution is 7.22. The number of nitrogens with two attached hydrogens (primary N) is 1. The van der Waals surface area contributed by atoms with Crippen molar-refractivity contribution in [2.75, 3.05) is 69.4 Å². The van der Waals surface area contributed by atoms with Crippen molar-refractivity contribution in [1.82, 2.24) is 24.6 Å². The first kappa shape index (κ1) is 58.5. The first-order valence-corrected chi connectivity index (χ1v) is 29.7. The van der Waals surface area contributed by atoms with E-state index in [4.69, 9.17) is 34.8 Å². The van der Waals surface area contributed by atoms with Gasteiger partial charge in [0.25, 0.3) is 5.91 Å². The van der Waals surface area contributed by atoms with Crippen LogP contribution in [0.1, 0.15) is 101 Å². The number of thiazole rings is 1. The second-order valence-electron chi connectivity index (χ2n) is 24.7. The van der Waals surface area contributed by atoms with E-state index >= 15 is 0 Å². The number of ether oxygens (including phenoxy) is 4. The second kappa shape index (κ2) is 24.0. The number of nitrogens with one attached hydrogen (secondary N) is 1. The standard InChI is InChI=1S/C62H76N8O12S/c1-38-44(42-15-16-49(66-50(42)56(75)76)69-19-17-41-7-6-8-43(45(41)30-69)55(74)67-58-65-46-9-4-5-10-48(46)83-58)28-64-70(38)37-61-32-59(2)31-60(3,33-61)35-62(34-59,36-61)81-24-21-68(20-23-80-26-25-79-22-18-63)29-40-13-11-39(12-14-40)27-47-51(71)52(72)53(73)54(82-47)57(77)78/h4-16,28,47,51-54,71-73H,17-27,29-37,63H2,1-3H3,(H,75,76)(H,77,78)(H,65,67,74)/t47?,51-,52+,53-,54-,59?,60?,61?,62?/m0/s1. The fraction of sp³-hybridized carbons (Fsp3) is 0.516. The lowest BCUT2D eigenvalue weighted by Gasteiger charge is -2.69. The molecule has 0 radical (unpaired) electrons. The maximum atomic E-state index is 13.8. The number of nitrogens with zero attached hydrogens (tertiary/aromatic N) is 6. The van der Waals surface area contributed by atoms with Gasteiger partial charge in [-0.15, -0.1) is 0 Å². The summed E-state index contributed by atoms with van der Waals surface area (Å²) in [5.74, 6) is -2.27. The van der Waals surface area contributed by atoms with E-state index in [9.17, 15) is 39.9 Å². The minimum absolute atomic E-state index is 0.0550. The molecule has 4 aliphatic carbocycles. The Bertz CT molecular complexity index is 3280. The summed E-state index contributed by atoms with van der Waals surface area (Å²) in [7, 11) is 0. The number of aliphatic carboxylic acids is 1. The molecule has 7 atom stereocenters. The van der Waals surface area contributed by atoms with Crippen LogP contribution in [-0.4, -0.2) is 163 Å². The lowest BCUT2D eigenvalue weighted by molar-refractivity contribution is -0.249. The Kier molecular flexibility index (Phi) is 16.9. The topological polar surface area (TPSA) is 277 Å². The predicted molar refractivity (Wildman–Crippen MR) is 311 cm³/mol. The number of carbonyl (C=O) groups is 3. The van der Waals surface area contributed by atoms with Gasteiger partial charge in [-0.25, -0.2) is 19.6 Å². The van der Waals surface area contributed by atoms with E-state index in [1.54, 1.807) is 6.20 Å². The molecule has 5 fully saturated rings. The molecule has 6 aromatic rings. The molecule has 8 N–H and O–H groups in total. The fourth-order valence-electron chi connectivity index (χ4n) is 15.3. The van der Waals surface area contributed by atoms with Crippen molar-refractivity contribution in [2.24, 2.45) is 22.0 Å². The number of carboxylic acids is 2. The highest BCUT2D eigenvalue weighted by Crippen LogP contribution is 2.72. The number of carboxylic acid groups (broad SMARTS) is 2. The van der Waals surface area contributed by atoms with Gasteiger partial charge < -0.3 is 55.1 Å². The monoisotopic (exact) mass is 1160 g/mol. The number of benzene rings is 3. The normalized spacial score (nSPS) is 27.3. The number of fused-ring (bicyclic) bond motifs is 2. The number of aromatic nitrogens is 4. The third-order valence-electron chi connectivity index (χ3n) is 17.8. The van der Waals surface area contributed by atoms with Crippen LogP contribution in [0.3, 0.4) is 0 Å². The molecule has 4 bridgehead atoms. The Balaban J connectivity index is 0.762. The van der Waals surface area contributed by atoms with Crippen LogP contribution in [0.15, 0.2) is 85.1 Å². The van der Waals surface area contributed by atoms with Crippen LogP contribution in [-0.2, 0) is 56.2 Å². The summed E-state index contributed by atoms with van der Waals surface area (Å²) < 4.78 is 27.4. The van der Waals surface area contributed by atoms with Crippen LogP contribution < -0.4 is 16.0 Å². The van der Waals surface area contributed by atoms with E-state index in [0.29, 0.717) is 107 Å². The van der Waals surface area contributed by atoms with Crippen molar-refractivity contribution in [3.05, 3.63) is 124 Å². The molecule has 3 aromatic heterocycles. The lowest BCUT2D eigenvalue weighted by Crippen LogP contribution is -2.64. The summed E-state index contributed by atoms with van der Waals surface area (Å²) in [6, 6.07) is 25.0. The smallest absolute Gasteiger partial charge is 0.355 e. The molecule has 6 aliphatic rings. The van der Waals surface area contributed by atoms with Crippen molar-refractivity contribution in [3.8, 4) is 11.1 Å². The zero-order valence-electron chi connectivity index (χ0n) is 47.4. The Labute approximate surface area is 486 Å². The van der Waals surface area contributed by atoms with E-state index in [1.807, 2.05) is 90.7 Å². The zero-order valence-corrected chi connectivity index (χ0v) is 48.2. The van der Waals surface area contributed by atoms with E-state index < -0.39 is 42.5 Å². The van der Waals surface area contributed by atoms with E-state index in [-0.39, 0.29) is 39.9 Å². The Morgan fingerprint density at radius 1 is 0.807 bits per heavy atom. The van der Waals surface area contributed by atoms with Gasteiger partial charge in [-0.3, -0.25) is 19.7 Å². The maximum Gasteiger partial charge on any atom is 0.355 e. The predicted octanol–water partition coefficient (Wildman–Crippen LogP) is 6.48. The van der Waals surface area contributed by atoms with Crippen LogP contribution in [0.4, 0.5) is 10.9 Å². The molecule has 3 aromatic carbocycles. The summed E-state index contributed by atoms with van der Waals surface area (Å²) in [5, 5.41) is 60.0. The highest BCUT2D eigenvalue weighted by Gasteiger charge is 2.66. The molecule has 3 unspecified atom stereocenters. The Morgan fingerprint density at radius 2 is 1.54 bits per heavy atom. The van der Waals surface area contributed by atoms with Gasteiger partial charge in [0, 0.05) is 74.6 Å². The Hall–Kier alpha value is -6.24. The van der Waals surface area contributed by atoms with Crippen LogP contribution in [0.25, 0.3) is 21.3 Å². The molecule has 1 amide bonds. The number of carbonyl (C=O) groups excluding carboxylic acids is 1. The molecule has 442 valence electrons. The van der Waals surface area contributed by atoms with Gasteiger partial charge in [0.1, 0.15) is 24.1 Å². The second-order valence-corrected chi connectivity index (χ2v) is 25.7. The van der Waals surface area contributed by atoms with Crippen molar-refractivity contribution < 1.29 is 58.9 Å². The summed E-state index contributed by atoms with van der Waals surface area (Å²) in [4.78, 5) is 52.4. The van der Waals surface area contributed by atoms with Gasteiger partial charge in [0.05, 0.1) is 61.2 Å². The summed E-state index contributed by atoms with van der Waals surface area (Å²) >= 11 is 1.42. The number of aliphatic hydroxyl groups excluding tert-OH is 3. The van der Waals surface area contributed by atoms with Gasteiger partial charge in [-0.2, -0.15) is 5.10 Å². The first-order chi connectivity index (χ1) is 39.8. The molecule has 4 saturated carbocycles. The molecular weight excluding hydrogens is 1080 g/mol. The first-order valence-electron chi connectivity index (χ1n) is 28.8. The number of rotatable bonds is 24. The molecule has 0 spiro atoms. The number of hydrogen-bond acceptors (Lipinski definition) is 17. The minimum atomic E-state index is -1.74. The number of hydrogen-bond donors (Lipinski definition) is 7. The van der Waals surface area contributed by atoms with E-state index in [2.05, 4.69) is 33.7 Å². The van der Waals surface area contributed by atoms with Crippen LogP contribution in [0, 0.1) is 23.2 Å². The molecule has 1 saturated heterocycles. The number of aliphatic hydroxyl groups is 3. The van der Waals surface area contributed by atoms with Gasteiger partial charge in [-0.05, 0) is 121 Å². The molecule has 5 heterocycles. The minimum Gasteiger partial charge on any atom is -0.479 e. The molecular formula is C62H76N8O12S. The van der Waals surface area contributed by atoms with Crippen molar-refractivity contribution in [2.45, 2.75) is 128 Å². The van der Waals surface area contributed by atoms with Crippen molar-refractivity contribution in [3.63, 3.8) is 0 Å².